The van der Waals surface area contributed by atoms with E-state index in [9.17, 15) is 0 Å². The van der Waals surface area contributed by atoms with E-state index in [0.29, 0.717) is 42.0 Å². The fraction of sp³-hybridized carbons (Fsp3) is 0.259. The van der Waals surface area contributed by atoms with E-state index >= 15 is 0 Å². The van der Waals surface area contributed by atoms with Crippen molar-refractivity contribution in [3.05, 3.63) is 99.0 Å². The van der Waals surface area contributed by atoms with Crippen molar-refractivity contribution in [1.82, 2.24) is 0 Å². The summed E-state index contributed by atoms with van der Waals surface area (Å²) in [5, 5.41) is 4.71. The molecule has 5 heteroatoms. The van der Waals surface area contributed by atoms with E-state index in [0.717, 1.165) is 28.1 Å². The van der Waals surface area contributed by atoms with E-state index in [1.54, 1.807) is 6.07 Å². The van der Waals surface area contributed by atoms with Crippen LogP contribution in [-0.2, 0) is 19.6 Å². The van der Waals surface area contributed by atoms with Crippen molar-refractivity contribution < 1.29 is 9.47 Å². The molecule has 0 amide bonds. The van der Waals surface area contributed by atoms with Gasteiger partial charge in [-0.2, -0.15) is 0 Å². The number of halogens is 2. The first-order chi connectivity index (χ1) is 15.4. The third-order valence-electron chi connectivity index (χ3n) is 5.11. The van der Waals surface area contributed by atoms with Gasteiger partial charge in [0, 0.05) is 33.4 Å². The number of ether oxygens (including phenoxy) is 2. The van der Waals surface area contributed by atoms with Gasteiger partial charge in [0.25, 0.3) is 0 Å². The number of allylic oxidation sites excluding steroid dienone is 1. The molecule has 0 atom stereocenters. The number of hydrogen-bond acceptors (Lipinski definition) is 3. The highest BCUT2D eigenvalue weighted by molar-refractivity contribution is 6.35. The standard InChI is InChI=1S/C27H29Cl2NO2/c1-5-7-21-13-20(16-30-25-11-8-18(3)12-19(25)4)14-26(31-6-2)27(21)32-17-22-9-10-23(28)15-24(22)29/h5,8-15,30H,1,6-7,16-17H2,2-4H3. The lowest BCUT2D eigenvalue weighted by molar-refractivity contribution is 0.267. The monoisotopic (exact) mass is 469 g/mol. The molecule has 168 valence electrons. The van der Waals surface area contributed by atoms with Crippen LogP contribution in [0.3, 0.4) is 0 Å². The molecule has 0 aliphatic carbocycles. The average Bonchev–Trinajstić information content (AvgIpc) is 2.74. The van der Waals surface area contributed by atoms with Gasteiger partial charge in [-0.25, -0.2) is 0 Å². The van der Waals surface area contributed by atoms with Crippen LogP contribution in [0.25, 0.3) is 0 Å². The maximum atomic E-state index is 6.32. The maximum absolute atomic E-state index is 6.32. The highest BCUT2D eigenvalue weighted by Crippen LogP contribution is 2.35. The van der Waals surface area contributed by atoms with Crippen LogP contribution >= 0.6 is 23.2 Å². The molecule has 0 spiro atoms. The van der Waals surface area contributed by atoms with Gasteiger partial charge in [0.05, 0.1) is 6.61 Å². The molecule has 0 radical (unpaired) electrons. The molecule has 0 saturated carbocycles. The molecule has 3 aromatic carbocycles. The van der Waals surface area contributed by atoms with Crippen LogP contribution in [0.2, 0.25) is 10.0 Å². The Morgan fingerprint density at radius 3 is 2.47 bits per heavy atom. The zero-order valence-electron chi connectivity index (χ0n) is 18.8. The molecule has 1 N–H and O–H groups in total. The highest BCUT2D eigenvalue weighted by atomic mass is 35.5. The molecule has 3 nitrogen and oxygen atoms in total. The lowest BCUT2D eigenvalue weighted by Gasteiger charge is -2.19. The van der Waals surface area contributed by atoms with Gasteiger partial charge < -0.3 is 14.8 Å². The third kappa shape index (κ3) is 6.21. The SMILES string of the molecule is C=CCc1cc(CNc2ccc(C)cc2C)cc(OCC)c1OCc1ccc(Cl)cc1Cl. The van der Waals surface area contributed by atoms with Gasteiger partial charge in [0.1, 0.15) is 6.61 Å². The average molecular weight is 470 g/mol. The zero-order chi connectivity index (χ0) is 23.1. The minimum absolute atomic E-state index is 0.320. The molecule has 3 rings (SSSR count). The molecule has 0 fully saturated rings. The zero-order valence-corrected chi connectivity index (χ0v) is 20.3. The molecule has 0 bridgehead atoms. The Balaban J connectivity index is 1.86. The summed E-state index contributed by atoms with van der Waals surface area (Å²) in [6, 6.07) is 16.0. The van der Waals surface area contributed by atoms with E-state index in [2.05, 4.69) is 50.0 Å². The summed E-state index contributed by atoms with van der Waals surface area (Å²) in [7, 11) is 0. The van der Waals surface area contributed by atoms with Crippen molar-refractivity contribution in [2.24, 2.45) is 0 Å². The number of rotatable bonds is 10. The fourth-order valence-corrected chi connectivity index (χ4v) is 4.02. The van der Waals surface area contributed by atoms with Crippen LogP contribution in [-0.4, -0.2) is 6.61 Å². The Bertz CT molecular complexity index is 1100. The van der Waals surface area contributed by atoms with Gasteiger partial charge in [-0.15, -0.1) is 6.58 Å². The lowest BCUT2D eigenvalue weighted by atomic mass is 10.0. The van der Waals surface area contributed by atoms with E-state index in [1.165, 1.54) is 11.1 Å². The number of benzene rings is 3. The second kappa shape index (κ2) is 11.3. The van der Waals surface area contributed by atoms with Gasteiger partial charge >= 0.3 is 0 Å². The summed E-state index contributed by atoms with van der Waals surface area (Å²) in [4.78, 5) is 0. The van der Waals surface area contributed by atoms with Gasteiger partial charge in [-0.1, -0.05) is 53.0 Å². The van der Waals surface area contributed by atoms with Crippen molar-refractivity contribution in [1.29, 1.82) is 0 Å². The highest BCUT2D eigenvalue weighted by Gasteiger charge is 2.15. The molecule has 0 heterocycles. The molecule has 0 aliphatic heterocycles. The second-order valence-electron chi connectivity index (χ2n) is 7.70. The predicted molar refractivity (Wildman–Crippen MR) is 136 cm³/mol. The molecule has 0 aromatic heterocycles. The van der Waals surface area contributed by atoms with Crippen LogP contribution in [0, 0.1) is 13.8 Å². The predicted octanol–water partition coefficient (Wildman–Crippen LogP) is 7.93. The van der Waals surface area contributed by atoms with E-state index in [4.69, 9.17) is 32.7 Å². The number of hydrogen-bond donors (Lipinski definition) is 1. The number of nitrogens with one attached hydrogen (secondary N) is 1. The molecule has 0 unspecified atom stereocenters. The van der Waals surface area contributed by atoms with Crippen molar-refractivity contribution in [2.45, 2.75) is 40.3 Å². The van der Waals surface area contributed by atoms with E-state index < -0.39 is 0 Å². The van der Waals surface area contributed by atoms with Crippen LogP contribution in [0.15, 0.2) is 61.2 Å². The first-order valence-corrected chi connectivity index (χ1v) is 11.4. The van der Waals surface area contributed by atoms with Crippen LogP contribution < -0.4 is 14.8 Å². The number of anilines is 1. The second-order valence-corrected chi connectivity index (χ2v) is 8.55. The summed E-state index contributed by atoms with van der Waals surface area (Å²) < 4.78 is 12.2. The van der Waals surface area contributed by atoms with Gasteiger partial charge in [-0.05, 0) is 68.7 Å². The Hall–Kier alpha value is -2.62. The van der Waals surface area contributed by atoms with Crippen molar-refractivity contribution in [3.8, 4) is 11.5 Å². The Kier molecular flexibility index (Phi) is 8.49. The minimum atomic E-state index is 0.320. The van der Waals surface area contributed by atoms with Gasteiger partial charge in [0.2, 0.25) is 0 Å². The summed E-state index contributed by atoms with van der Waals surface area (Å²) >= 11 is 12.3. The summed E-state index contributed by atoms with van der Waals surface area (Å²) in [6.45, 7) is 11.6. The summed E-state index contributed by atoms with van der Waals surface area (Å²) in [6.07, 6.45) is 2.54. The normalized spacial score (nSPS) is 10.7. The quantitative estimate of drug-likeness (QED) is 0.305. The molecule has 0 saturated heterocycles. The van der Waals surface area contributed by atoms with E-state index in [-0.39, 0.29) is 0 Å². The van der Waals surface area contributed by atoms with E-state index in [1.807, 2.05) is 31.2 Å². The van der Waals surface area contributed by atoms with Gasteiger partial charge in [0.15, 0.2) is 11.5 Å². The first-order valence-electron chi connectivity index (χ1n) is 10.7. The molecule has 3 aromatic rings. The Morgan fingerprint density at radius 1 is 0.969 bits per heavy atom. The Labute approximate surface area is 201 Å². The summed E-state index contributed by atoms with van der Waals surface area (Å²) in [5.41, 5.74) is 6.60. The van der Waals surface area contributed by atoms with Crippen molar-refractivity contribution in [2.75, 3.05) is 11.9 Å². The lowest BCUT2D eigenvalue weighted by Crippen LogP contribution is -2.06. The van der Waals surface area contributed by atoms with Gasteiger partial charge in [-0.3, -0.25) is 0 Å². The maximum Gasteiger partial charge on any atom is 0.165 e. The molecule has 0 aliphatic rings. The molecular weight excluding hydrogens is 441 g/mol. The topological polar surface area (TPSA) is 30.5 Å². The van der Waals surface area contributed by atoms with Crippen LogP contribution in [0.4, 0.5) is 5.69 Å². The van der Waals surface area contributed by atoms with Crippen LogP contribution in [0.5, 0.6) is 11.5 Å². The Morgan fingerprint density at radius 2 is 1.78 bits per heavy atom. The minimum Gasteiger partial charge on any atom is -0.490 e. The van der Waals surface area contributed by atoms with Crippen molar-refractivity contribution in [3.63, 3.8) is 0 Å². The summed E-state index contributed by atoms with van der Waals surface area (Å²) in [5.74, 6) is 1.43. The number of aryl methyl sites for hydroxylation is 2. The van der Waals surface area contributed by atoms with Crippen molar-refractivity contribution >= 4 is 28.9 Å². The molecular formula is C27H29Cl2NO2. The molecule has 32 heavy (non-hydrogen) atoms. The first kappa shape index (κ1) is 24.0. The fourth-order valence-electron chi connectivity index (χ4n) is 3.56. The third-order valence-corrected chi connectivity index (χ3v) is 5.69. The largest absolute Gasteiger partial charge is 0.490 e. The van der Waals surface area contributed by atoms with Crippen LogP contribution in [0.1, 0.15) is 34.7 Å². The smallest absolute Gasteiger partial charge is 0.165 e.